The van der Waals surface area contributed by atoms with E-state index in [1.807, 2.05) is 0 Å². The molecule has 1 aromatic carbocycles. The van der Waals surface area contributed by atoms with Crippen LogP contribution < -0.4 is 5.73 Å². The Labute approximate surface area is 104 Å². The number of morpholine rings is 1. The van der Waals surface area contributed by atoms with Crippen molar-refractivity contribution in [1.29, 1.82) is 0 Å². The van der Waals surface area contributed by atoms with Crippen LogP contribution in [0.25, 0.3) is 0 Å². The van der Waals surface area contributed by atoms with Crippen LogP contribution in [0.3, 0.4) is 0 Å². The maximum Gasteiger partial charge on any atom is 0.0825 e. The molecule has 3 unspecified atom stereocenters. The van der Waals surface area contributed by atoms with Gasteiger partial charge in [-0.1, -0.05) is 30.3 Å². The highest BCUT2D eigenvalue weighted by Gasteiger charge is 2.29. The molecule has 1 saturated heterocycles. The smallest absolute Gasteiger partial charge is 0.0825 e. The average molecular weight is 234 g/mol. The minimum atomic E-state index is 0.178. The van der Waals surface area contributed by atoms with Crippen molar-refractivity contribution < 1.29 is 4.74 Å². The van der Waals surface area contributed by atoms with Gasteiger partial charge in [-0.2, -0.15) is 0 Å². The molecule has 1 aliphatic heterocycles. The van der Waals surface area contributed by atoms with E-state index in [1.54, 1.807) is 0 Å². The molecule has 0 aromatic heterocycles. The predicted octanol–water partition coefficient (Wildman–Crippen LogP) is 1.80. The van der Waals surface area contributed by atoms with E-state index in [2.05, 4.69) is 49.1 Å². The normalized spacial score (nSPS) is 27.9. The van der Waals surface area contributed by atoms with E-state index in [0.29, 0.717) is 18.6 Å². The van der Waals surface area contributed by atoms with E-state index in [-0.39, 0.29) is 6.10 Å². The number of hydrogen-bond donors (Lipinski definition) is 1. The largest absolute Gasteiger partial charge is 0.374 e. The van der Waals surface area contributed by atoms with Crippen LogP contribution in [0.4, 0.5) is 0 Å². The van der Waals surface area contributed by atoms with Crippen LogP contribution in [0, 0.1) is 0 Å². The summed E-state index contributed by atoms with van der Waals surface area (Å²) in [6, 6.07) is 11.5. The molecule has 94 valence electrons. The van der Waals surface area contributed by atoms with Crippen LogP contribution >= 0.6 is 0 Å². The molecule has 1 aromatic rings. The predicted molar refractivity (Wildman–Crippen MR) is 69.8 cm³/mol. The lowest BCUT2D eigenvalue weighted by atomic mass is 10.0. The fourth-order valence-corrected chi connectivity index (χ4v) is 2.44. The van der Waals surface area contributed by atoms with E-state index < -0.39 is 0 Å². The minimum Gasteiger partial charge on any atom is -0.374 e. The Morgan fingerprint density at radius 3 is 2.76 bits per heavy atom. The van der Waals surface area contributed by atoms with Gasteiger partial charge in [-0.3, -0.25) is 4.90 Å². The first-order valence-electron chi connectivity index (χ1n) is 6.34. The third-order valence-corrected chi connectivity index (χ3v) is 3.60. The fourth-order valence-electron chi connectivity index (χ4n) is 2.44. The molecule has 3 nitrogen and oxygen atoms in total. The molecule has 2 rings (SSSR count). The molecule has 0 amide bonds. The van der Waals surface area contributed by atoms with E-state index in [4.69, 9.17) is 10.5 Å². The third kappa shape index (κ3) is 2.86. The Bertz CT molecular complexity index is 341. The summed E-state index contributed by atoms with van der Waals surface area (Å²) in [5.41, 5.74) is 7.06. The van der Waals surface area contributed by atoms with Crippen LogP contribution in [0.5, 0.6) is 0 Å². The Hall–Kier alpha value is -0.900. The van der Waals surface area contributed by atoms with Gasteiger partial charge in [0.1, 0.15) is 0 Å². The van der Waals surface area contributed by atoms with Gasteiger partial charge >= 0.3 is 0 Å². The molecule has 0 spiro atoms. The van der Waals surface area contributed by atoms with Crippen LogP contribution in [-0.4, -0.2) is 36.7 Å². The molecule has 0 aliphatic carbocycles. The topological polar surface area (TPSA) is 38.5 Å². The quantitative estimate of drug-likeness (QED) is 0.866. The van der Waals surface area contributed by atoms with Crippen LogP contribution in [-0.2, 0) is 4.74 Å². The van der Waals surface area contributed by atoms with Crippen LogP contribution in [0.1, 0.15) is 25.5 Å². The number of benzene rings is 1. The average Bonchev–Trinajstić information content (AvgIpc) is 2.39. The molecule has 2 N–H and O–H groups in total. The molecule has 0 radical (unpaired) electrons. The van der Waals surface area contributed by atoms with E-state index in [1.165, 1.54) is 5.56 Å². The lowest BCUT2D eigenvalue weighted by molar-refractivity contribution is -0.0677. The van der Waals surface area contributed by atoms with Crippen molar-refractivity contribution in [3.8, 4) is 0 Å². The maximum absolute atomic E-state index is 5.70. The van der Waals surface area contributed by atoms with Gasteiger partial charge in [0.2, 0.25) is 0 Å². The number of hydrogen-bond acceptors (Lipinski definition) is 3. The van der Waals surface area contributed by atoms with E-state index >= 15 is 0 Å². The van der Waals surface area contributed by atoms with Gasteiger partial charge in [-0.25, -0.2) is 0 Å². The summed E-state index contributed by atoms with van der Waals surface area (Å²) in [5, 5.41) is 0. The van der Waals surface area contributed by atoms with E-state index in [9.17, 15) is 0 Å². The monoisotopic (exact) mass is 234 g/mol. The van der Waals surface area contributed by atoms with Crippen molar-refractivity contribution >= 4 is 0 Å². The Morgan fingerprint density at radius 1 is 1.41 bits per heavy atom. The first-order valence-corrected chi connectivity index (χ1v) is 6.34. The summed E-state index contributed by atoms with van der Waals surface area (Å²) in [5.74, 6) is 0. The van der Waals surface area contributed by atoms with E-state index in [0.717, 1.165) is 13.2 Å². The zero-order valence-electron chi connectivity index (χ0n) is 10.7. The zero-order chi connectivity index (χ0) is 12.3. The summed E-state index contributed by atoms with van der Waals surface area (Å²) < 4.78 is 5.69. The van der Waals surface area contributed by atoms with Gasteiger partial charge in [0.25, 0.3) is 0 Å². The van der Waals surface area contributed by atoms with Gasteiger partial charge in [0.05, 0.1) is 12.7 Å². The zero-order valence-corrected chi connectivity index (χ0v) is 10.7. The summed E-state index contributed by atoms with van der Waals surface area (Å²) in [7, 11) is 0. The van der Waals surface area contributed by atoms with Gasteiger partial charge in [-0.05, 0) is 19.4 Å². The molecule has 17 heavy (non-hydrogen) atoms. The Morgan fingerprint density at radius 2 is 2.12 bits per heavy atom. The Balaban J connectivity index is 2.09. The molecule has 3 atom stereocenters. The molecule has 3 heteroatoms. The number of ether oxygens (including phenoxy) is 1. The maximum atomic E-state index is 5.70. The lowest BCUT2D eigenvalue weighted by Crippen LogP contribution is -2.51. The van der Waals surface area contributed by atoms with Gasteiger partial charge < -0.3 is 10.5 Å². The summed E-state index contributed by atoms with van der Waals surface area (Å²) in [4.78, 5) is 2.48. The number of nitrogens with zero attached hydrogens (tertiary/aromatic N) is 1. The first-order chi connectivity index (χ1) is 8.22. The van der Waals surface area contributed by atoms with Crippen molar-refractivity contribution in [2.45, 2.75) is 32.0 Å². The highest BCUT2D eigenvalue weighted by molar-refractivity contribution is 5.18. The molecule has 0 saturated carbocycles. The molecular formula is C14H22N2O. The summed E-state index contributed by atoms with van der Waals surface area (Å²) in [6.07, 6.45) is 0.178. The molecule has 1 aliphatic rings. The van der Waals surface area contributed by atoms with Crippen molar-refractivity contribution in [3.05, 3.63) is 35.9 Å². The van der Waals surface area contributed by atoms with Gasteiger partial charge in [0.15, 0.2) is 0 Å². The number of rotatable bonds is 3. The molecule has 0 bridgehead atoms. The highest BCUT2D eigenvalue weighted by Crippen LogP contribution is 2.25. The van der Waals surface area contributed by atoms with Crippen molar-refractivity contribution in [2.75, 3.05) is 19.7 Å². The van der Waals surface area contributed by atoms with Crippen molar-refractivity contribution in [1.82, 2.24) is 4.90 Å². The number of nitrogens with two attached hydrogens (primary N) is 1. The molecular weight excluding hydrogens is 212 g/mol. The lowest BCUT2D eigenvalue weighted by Gasteiger charge is -2.41. The second-order valence-electron chi connectivity index (χ2n) is 4.82. The highest BCUT2D eigenvalue weighted by atomic mass is 16.5. The molecule has 1 fully saturated rings. The van der Waals surface area contributed by atoms with Gasteiger partial charge in [0, 0.05) is 25.2 Å². The van der Waals surface area contributed by atoms with Crippen molar-refractivity contribution in [3.63, 3.8) is 0 Å². The molecule has 1 heterocycles. The third-order valence-electron chi connectivity index (χ3n) is 3.60. The summed E-state index contributed by atoms with van der Waals surface area (Å²) >= 11 is 0. The Kier molecular flexibility index (Phi) is 4.15. The second kappa shape index (κ2) is 5.63. The minimum absolute atomic E-state index is 0.178. The first kappa shape index (κ1) is 12.6. The van der Waals surface area contributed by atoms with Gasteiger partial charge in [-0.15, -0.1) is 0 Å². The summed E-state index contributed by atoms with van der Waals surface area (Å²) in [6.45, 7) is 6.77. The fraction of sp³-hybridized carbons (Fsp3) is 0.571. The van der Waals surface area contributed by atoms with Crippen LogP contribution in [0.2, 0.25) is 0 Å². The standard InChI is InChI=1S/C14H22N2O/c1-11-10-17-14(8-15)9-16(11)12(2)13-6-4-3-5-7-13/h3-7,11-12,14H,8-10,15H2,1-2H3. The van der Waals surface area contributed by atoms with Crippen molar-refractivity contribution in [2.24, 2.45) is 5.73 Å². The second-order valence-corrected chi connectivity index (χ2v) is 4.82. The SMILES string of the molecule is CC1COC(CN)CN1C(C)c1ccccc1. The van der Waals surface area contributed by atoms with Crippen LogP contribution in [0.15, 0.2) is 30.3 Å².